The molecule has 3 aliphatic heterocycles. The van der Waals surface area contributed by atoms with Gasteiger partial charge in [0.15, 0.2) is 0 Å². The molecule has 5 nitrogen and oxygen atoms in total. The summed E-state index contributed by atoms with van der Waals surface area (Å²) in [6, 6.07) is -0.620. The lowest BCUT2D eigenvalue weighted by atomic mass is 9.87. The second-order valence-electron chi connectivity index (χ2n) is 5.60. The fourth-order valence-electron chi connectivity index (χ4n) is 3.56. The number of carbonyl (C=O) groups excluding carboxylic acids is 1. The van der Waals surface area contributed by atoms with E-state index in [9.17, 15) is 14.7 Å². The first-order valence-corrected chi connectivity index (χ1v) is 6.85. The third-order valence-corrected chi connectivity index (χ3v) is 4.49. The molecule has 3 rings (SSSR count). The van der Waals surface area contributed by atoms with Gasteiger partial charge in [-0.3, -0.25) is 4.79 Å². The Hall–Kier alpha value is -1.10. The molecular weight excluding hydrogens is 234 g/mol. The number of carbonyl (C=O) groups is 2. The van der Waals surface area contributed by atoms with Gasteiger partial charge in [0.05, 0.1) is 18.1 Å². The molecule has 18 heavy (non-hydrogen) atoms. The van der Waals surface area contributed by atoms with Crippen molar-refractivity contribution < 1.29 is 19.4 Å². The van der Waals surface area contributed by atoms with Gasteiger partial charge < -0.3 is 14.7 Å². The quantitative estimate of drug-likeness (QED) is 0.798. The Balaban J connectivity index is 1.72. The molecule has 4 atom stereocenters. The van der Waals surface area contributed by atoms with E-state index in [1.807, 2.05) is 0 Å². The summed E-state index contributed by atoms with van der Waals surface area (Å²) in [5.74, 6) is -0.954. The molecule has 0 saturated carbocycles. The van der Waals surface area contributed by atoms with Crippen molar-refractivity contribution in [2.45, 2.75) is 56.8 Å². The predicted molar refractivity (Wildman–Crippen MR) is 63.0 cm³/mol. The topological polar surface area (TPSA) is 66.8 Å². The van der Waals surface area contributed by atoms with Gasteiger partial charge in [0.1, 0.15) is 6.04 Å². The maximum Gasteiger partial charge on any atom is 0.326 e. The van der Waals surface area contributed by atoms with E-state index in [1.54, 1.807) is 4.90 Å². The van der Waals surface area contributed by atoms with E-state index < -0.39 is 12.0 Å². The Morgan fingerprint density at radius 2 is 2.00 bits per heavy atom. The zero-order chi connectivity index (χ0) is 12.7. The summed E-state index contributed by atoms with van der Waals surface area (Å²) in [5.41, 5.74) is 0. The number of fused-ring (bicyclic) bond motifs is 2. The largest absolute Gasteiger partial charge is 0.480 e. The second-order valence-corrected chi connectivity index (χ2v) is 5.60. The number of hydrogen-bond acceptors (Lipinski definition) is 3. The minimum absolute atomic E-state index is 0.00861. The van der Waals surface area contributed by atoms with Crippen LogP contribution in [0.25, 0.3) is 0 Å². The fraction of sp³-hybridized carbons (Fsp3) is 0.846. The predicted octanol–water partition coefficient (Wildman–Crippen LogP) is 1.02. The van der Waals surface area contributed by atoms with Gasteiger partial charge in [-0.15, -0.1) is 0 Å². The molecule has 3 fully saturated rings. The molecule has 0 aromatic carbocycles. The molecule has 100 valence electrons. The number of amides is 1. The number of carboxylic acid groups (broad SMARTS) is 1. The average molecular weight is 253 g/mol. The van der Waals surface area contributed by atoms with Crippen molar-refractivity contribution in [2.24, 2.45) is 5.92 Å². The van der Waals surface area contributed by atoms with Crippen LogP contribution >= 0.6 is 0 Å². The van der Waals surface area contributed by atoms with Crippen LogP contribution in [0.3, 0.4) is 0 Å². The summed E-state index contributed by atoms with van der Waals surface area (Å²) < 4.78 is 5.70. The molecule has 0 aromatic heterocycles. The fourth-order valence-corrected chi connectivity index (χ4v) is 3.56. The number of hydrogen-bond donors (Lipinski definition) is 1. The van der Waals surface area contributed by atoms with E-state index in [2.05, 4.69) is 0 Å². The van der Waals surface area contributed by atoms with Gasteiger partial charge in [-0.25, -0.2) is 4.79 Å². The van der Waals surface area contributed by atoms with Crippen LogP contribution in [0.4, 0.5) is 0 Å². The van der Waals surface area contributed by atoms with Crippen molar-refractivity contribution in [3.05, 3.63) is 0 Å². The SMILES string of the molecule is O=C(O)[C@@H]1CCCCN1C(=O)[C@@H]1C[C@H]2CC[C@H]1O2. The first-order valence-electron chi connectivity index (χ1n) is 6.85. The molecule has 1 amide bonds. The van der Waals surface area contributed by atoms with Crippen molar-refractivity contribution in [2.75, 3.05) is 6.54 Å². The molecule has 5 heteroatoms. The second kappa shape index (κ2) is 4.53. The van der Waals surface area contributed by atoms with Crippen LogP contribution < -0.4 is 0 Å². The Morgan fingerprint density at radius 1 is 1.17 bits per heavy atom. The highest BCUT2D eigenvalue weighted by molar-refractivity contribution is 5.86. The first-order chi connectivity index (χ1) is 8.66. The van der Waals surface area contributed by atoms with Crippen molar-refractivity contribution >= 4 is 11.9 Å². The van der Waals surface area contributed by atoms with Crippen LogP contribution in [0.15, 0.2) is 0 Å². The average Bonchev–Trinajstić information content (AvgIpc) is 3.00. The van der Waals surface area contributed by atoms with Crippen LogP contribution in [-0.4, -0.2) is 46.7 Å². The standard InChI is InChI=1S/C13H19NO4/c15-12(9-7-8-4-5-11(9)18-8)14-6-2-1-3-10(14)13(16)17/h8-11H,1-7H2,(H,16,17)/t8-,9-,10+,11-/m1/s1. The number of aliphatic carboxylic acids is 1. The molecular formula is C13H19NO4. The lowest BCUT2D eigenvalue weighted by molar-refractivity contribution is -0.154. The Morgan fingerprint density at radius 3 is 2.61 bits per heavy atom. The Kier molecular flexibility index (Phi) is 3.01. The van der Waals surface area contributed by atoms with Crippen molar-refractivity contribution in [1.29, 1.82) is 0 Å². The van der Waals surface area contributed by atoms with Gasteiger partial charge in [0.25, 0.3) is 0 Å². The molecule has 3 aliphatic rings. The van der Waals surface area contributed by atoms with Gasteiger partial charge in [0.2, 0.25) is 5.91 Å². The van der Waals surface area contributed by atoms with Crippen LogP contribution in [-0.2, 0) is 14.3 Å². The smallest absolute Gasteiger partial charge is 0.326 e. The van der Waals surface area contributed by atoms with Crippen LogP contribution in [0.1, 0.15) is 38.5 Å². The number of piperidine rings is 1. The minimum atomic E-state index is -0.868. The van der Waals surface area contributed by atoms with Crippen LogP contribution in [0.5, 0.6) is 0 Å². The summed E-state index contributed by atoms with van der Waals surface area (Å²) in [4.78, 5) is 25.3. The summed E-state index contributed by atoms with van der Waals surface area (Å²) in [7, 11) is 0. The number of likely N-dealkylation sites (tertiary alicyclic amines) is 1. The molecule has 1 N–H and O–H groups in total. The van der Waals surface area contributed by atoms with Crippen molar-refractivity contribution in [1.82, 2.24) is 4.90 Å². The number of rotatable bonds is 2. The van der Waals surface area contributed by atoms with E-state index in [0.717, 1.165) is 32.1 Å². The lowest BCUT2D eigenvalue weighted by Crippen LogP contribution is -2.51. The van der Waals surface area contributed by atoms with Gasteiger partial charge in [-0.05, 0) is 38.5 Å². The van der Waals surface area contributed by atoms with Crippen molar-refractivity contribution in [3.63, 3.8) is 0 Å². The van der Waals surface area contributed by atoms with E-state index in [1.165, 1.54) is 0 Å². The highest BCUT2D eigenvalue weighted by Crippen LogP contribution is 2.40. The first kappa shape index (κ1) is 12.0. The molecule has 0 spiro atoms. The highest BCUT2D eigenvalue weighted by Gasteiger charge is 2.47. The zero-order valence-electron chi connectivity index (χ0n) is 10.4. The highest BCUT2D eigenvalue weighted by atomic mass is 16.5. The summed E-state index contributed by atoms with van der Waals surface area (Å²) in [6.45, 7) is 0.587. The summed E-state index contributed by atoms with van der Waals surface area (Å²) in [6.07, 6.45) is 5.46. The lowest BCUT2D eigenvalue weighted by Gasteiger charge is -2.35. The van der Waals surface area contributed by atoms with E-state index in [-0.39, 0.29) is 24.0 Å². The maximum atomic E-state index is 12.5. The number of nitrogens with zero attached hydrogens (tertiary/aromatic N) is 1. The monoisotopic (exact) mass is 253 g/mol. The van der Waals surface area contributed by atoms with Gasteiger partial charge in [-0.1, -0.05) is 0 Å². The molecule has 0 unspecified atom stereocenters. The van der Waals surface area contributed by atoms with Crippen LogP contribution in [0, 0.1) is 5.92 Å². The van der Waals surface area contributed by atoms with E-state index in [4.69, 9.17) is 4.74 Å². The summed E-state index contributed by atoms with van der Waals surface area (Å²) in [5, 5.41) is 9.21. The molecule has 2 bridgehead atoms. The van der Waals surface area contributed by atoms with E-state index in [0.29, 0.717) is 13.0 Å². The number of ether oxygens (including phenoxy) is 1. The molecule has 3 saturated heterocycles. The maximum absolute atomic E-state index is 12.5. The Labute approximate surface area is 106 Å². The zero-order valence-corrected chi connectivity index (χ0v) is 10.4. The van der Waals surface area contributed by atoms with Gasteiger partial charge >= 0.3 is 5.97 Å². The molecule has 0 aromatic rings. The van der Waals surface area contributed by atoms with Gasteiger partial charge in [-0.2, -0.15) is 0 Å². The molecule has 0 aliphatic carbocycles. The third kappa shape index (κ3) is 1.90. The number of carboxylic acids is 1. The van der Waals surface area contributed by atoms with E-state index >= 15 is 0 Å². The molecule has 0 radical (unpaired) electrons. The normalized spacial score (nSPS) is 39.0. The summed E-state index contributed by atoms with van der Waals surface area (Å²) >= 11 is 0. The minimum Gasteiger partial charge on any atom is -0.480 e. The molecule has 3 heterocycles. The third-order valence-electron chi connectivity index (χ3n) is 4.49. The van der Waals surface area contributed by atoms with Crippen molar-refractivity contribution in [3.8, 4) is 0 Å². The van der Waals surface area contributed by atoms with Crippen LogP contribution in [0.2, 0.25) is 0 Å². The van der Waals surface area contributed by atoms with Gasteiger partial charge in [0, 0.05) is 6.54 Å². The Bertz CT molecular complexity index is 370.